The Bertz CT molecular complexity index is 928. The Morgan fingerprint density at radius 2 is 1.97 bits per heavy atom. The van der Waals surface area contributed by atoms with Crippen LogP contribution in [0.25, 0.3) is 0 Å². The molecule has 1 atom stereocenters. The summed E-state index contributed by atoms with van der Waals surface area (Å²) in [7, 11) is 0. The molecule has 1 fully saturated rings. The van der Waals surface area contributed by atoms with E-state index < -0.39 is 0 Å². The zero-order valence-corrected chi connectivity index (χ0v) is 16.7. The molecule has 152 valence electrons. The number of non-ortho nitro benzene ring substituents is 1. The van der Waals surface area contributed by atoms with Gasteiger partial charge in [0.25, 0.3) is 5.69 Å². The smallest absolute Gasteiger partial charge is 0.269 e. The maximum atomic E-state index is 13.0. The average Bonchev–Trinajstić information content (AvgIpc) is 2.73. The Kier molecular flexibility index (Phi) is 5.69. The van der Waals surface area contributed by atoms with Crippen molar-refractivity contribution >= 4 is 23.2 Å². The molecule has 0 bridgehead atoms. The normalized spacial score (nSPS) is 19.3. The Hall–Kier alpha value is -2.64. The highest BCUT2D eigenvalue weighted by atomic mass is 35.5. The second-order valence-electron chi connectivity index (χ2n) is 7.49. The minimum Gasteiger partial charge on any atom is -0.492 e. The number of nitrogens with zero attached hydrogens (tertiary/aromatic N) is 3. The molecular weight excluding hydrogens is 394 g/mol. The van der Waals surface area contributed by atoms with Crippen LogP contribution in [0.3, 0.4) is 0 Å². The van der Waals surface area contributed by atoms with Crippen LogP contribution in [0.4, 0.5) is 5.69 Å². The molecule has 0 N–H and O–H groups in total. The molecule has 0 spiro atoms. The van der Waals surface area contributed by atoms with Gasteiger partial charge in [0.05, 0.1) is 10.8 Å². The largest absolute Gasteiger partial charge is 0.492 e. The Balaban J connectivity index is 1.32. The van der Waals surface area contributed by atoms with Gasteiger partial charge in [0.2, 0.25) is 5.91 Å². The predicted molar refractivity (Wildman–Crippen MR) is 109 cm³/mol. The topological polar surface area (TPSA) is 75.9 Å². The van der Waals surface area contributed by atoms with Crippen molar-refractivity contribution in [2.24, 2.45) is 5.92 Å². The fourth-order valence-electron chi connectivity index (χ4n) is 3.93. The second-order valence-corrected chi connectivity index (χ2v) is 7.93. The van der Waals surface area contributed by atoms with Crippen molar-refractivity contribution in [3.05, 3.63) is 68.7 Å². The minimum absolute atomic E-state index is 0.106. The summed E-state index contributed by atoms with van der Waals surface area (Å²) in [6, 6.07) is 12.2. The summed E-state index contributed by atoms with van der Waals surface area (Å²) in [6.07, 6.45) is 0.641. The minimum atomic E-state index is -0.377. The molecule has 1 saturated heterocycles. The summed E-state index contributed by atoms with van der Waals surface area (Å²) in [5, 5.41) is 11.6. The van der Waals surface area contributed by atoms with Gasteiger partial charge in [0.1, 0.15) is 12.4 Å². The summed E-state index contributed by atoms with van der Waals surface area (Å²) in [5.41, 5.74) is 1.99. The van der Waals surface area contributed by atoms with Crippen LogP contribution in [0, 0.1) is 16.0 Å². The first kappa shape index (κ1) is 19.7. The third kappa shape index (κ3) is 4.52. The molecule has 0 saturated carbocycles. The lowest BCUT2D eigenvalue weighted by Gasteiger charge is -2.37. The van der Waals surface area contributed by atoms with Crippen molar-refractivity contribution in [1.82, 2.24) is 9.80 Å². The number of halogens is 1. The van der Waals surface area contributed by atoms with E-state index in [1.54, 1.807) is 18.2 Å². The molecule has 7 nitrogen and oxygen atoms in total. The van der Waals surface area contributed by atoms with Crippen molar-refractivity contribution in [2.45, 2.75) is 13.0 Å². The number of rotatable bonds is 4. The lowest BCUT2D eigenvalue weighted by atomic mass is 9.95. The highest BCUT2D eigenvalue weighted by Gasteiger charge is 2.31. The van der Waals surface area contributed by atoms with E-state index in [9.17, 15) is 14.9 Å². The number of carbonyl (C=O) groups excluding carboxylic acids is 1. The molecule has 29 heavy (non-hydrogen) atoms. The van der Waals surface area contributed by atoms with Crippen molar-refractivity contribution in [1.29, 1.82) is 0 Å². The number of nitro benzene ring substituents is 1. The van der Waals surface area contributed by atoms with Crippen molar-refractivity contribution in [3.8, 4) is 5.75 Å². The fraction of sp³-hybridized carbons (Fsp3) is 0.381. The summed E-state index contributed by atoms with van der Waals surface area (Å²) in [5.74, 6) is 0.732. The van der Waals surface area contributed by atoms with Gasteiger partial charge in [0, 0.05) is 49.9 Å². The maximum Gasteiger partial charge on any atom is 0.269 e. The van der Waals surface area contributed by atoms with Gasteiger partial charge >= 0.3 is 0 Å². The first-order chi connectivity index (χ1) is 14.0. The van der Waals surface area contributed by atoms with E-state index in [2.05, 4.69) is 4.90 Å². The lowest BCUT2D eigenvalue weighted by molar-refractivity contribution is -0.384. The number of amides is 1. The number of benzene rings is 2. The van der Waals surface area contributed by atoms with E-state index in [0.29, 0.717) is 37.7 Å². The van der Waals surface area contributed by atoms with E-state index >= 15 is 0 Å². The highest BCUT2D eigenvalue weighted by molar-refractivity contribution is 6.30. The van der Waals surface area contributed by atoms with Gasteiger partial charge < -0.3 is 9.64 Å². The van der Waals surface area contributed by atoms with Crippen LogP contribution in [0.2, 0.25) is 5.02 Å². The number of nitro groups is 1. The lowest BCUT2D eigenvalue weighted by Crippen LogP contribution is -2.51. The number of hydrogen-bond acceptors (Lipinski definition) is 5. The highest BCUT2D eigenvalue weighted by Crippen LogP contribution is 2.30. The first-order valence-electron chi connectivity index (χ1n) is 9.65. The van der Waals surface area contributed by atoms with E-state index in [4.69, 9.17) is 16.3 Å². The molecule has 1 amide bonds. The Morgan fingerprint density at radius 3 is 2.72 bits per heavy atom. The van der Waals surface area contributed by atoms with Crippen LogP contribution in [0.15, 0.2) is 42.5 Å². The monoisotopic (exact) mass is 415 g/mol. The van der Waals surface area contributed by atoms with Crippen LogP contribution in [-0.2, 0) is 17.8 Å². The third-order valence-corrected chi connectivity index (χ3v) is 5.72. The molecular formula is C21H22ClN3O4. The first-order valence-corrected chi connectivity index (χ1v) is 10.0. The molecule has 2 aliphatic heterocycles. The fourth-order valence-corrected chi connectivity index (χ4v) is 4.13. The van der Waals surface area contributed by atoms with Gasteiger partial charge in [-0.1, -0.05) is 23.7 Å². The number of piperazine rings is 1. The van der Waals surface area contributed by atoms with Crippen molar-refractivity contribution < 1.29 is 14.5 Å². The van der Waals surface area contributed by atoms with Crippen molar-refractivity contribution in [2.75, 3.05) is 32.8 Å². The Morgan fingerprint density at radius 1 is 1.17 bits per heavy atom. The summed E-state index contributed by atoms with van der Waals surface area (Å²) < 4.78 is 5.76. The molecule has 8 heteroatoms. The SMILES string of the molecule is O=C(C1COc2ccc(Cl)cc2C1)N1CCN(Cc2cccc([N+](=O)[O-])c2)CC1. The molecule has 0 aliphatic carbocycles. The van der Waals surface area contributed by atoms with Crippen molar-refractivity contribution in [3.63, 3.8) is 0 Å². The molecule has 4 rings (SSSR count). The third-order valence-electron chi connectivity index (χ3n) is 5.49. The van der Waals surface area contributed by atoms with E-state index in [1.165, 1.54) is 6.07 Å². The van der Waals surface area contributed by atoms with Gasteiger partial charge in [-0.25, -0.2) is 0 Å². The number of hydrogen-bond donors (Lipinski definition) is 0. The van der Waals surface area contributed by atoms with Crippen LogP contribution < -0.4 is 4.74 Å². The number of carbonyl (C=O) groups is 1. The van der Waals surface area contributed by atoms with Crippen LogP contribution in [-0.4, -0.2) is 53.4 Å². The zero-order chi connectivity index (χ0) is 20.4. The molecule has 2 aromatic carbocycles. The average molecular weight is 416 g/mol. The molecule has 2 heterocycles. The van der Waals surface area contributed by atoms with Gasteiger partial charge in [0.15, 0.2) is 0 Å². The van der Waals surface area contributed by atoms with Gasteiger partial charge in [-0.05, 0) is 35.7 Å². The zero-order valence-electron chi connectivity index (χ0n) is 15.9. The van der Waals surface area contributed by atoms with E-state index in [-0.39, 0.29) is 22.4 Å². The van der Waals surface area contributed by atoms with Gasteiger partial charge in [-0.3, -0.25) is 19.8 Å². The molecule has 0 aromatic heterocycles. The molecule has 1 unspecified atom stereocenters. The predicted octanol–water partition coefficient (Wildman–Crippen LogP) is 3.14. The van der Waals surface area contributed by atoms with Crippen LogP contribution >= 0.6 is 11.6 Å². The summed E-state index contributed by atoms with van der Waals surface area (Å²) >= 11 is 6.07. The number of fused-ring (bicyclic) bond motifs is 1. The standard InChI is InChI=1S/C21H22ClN3O4/c22-18-4-5-20-16(12-18)11-17(14-29-20)21(26)24-8-6-23(7-9-24)13-15-2-1-3-19(10-15)25(27)28/h1-5,10,12,17H,6-9,11,13-14H2. The van der Waals surface area contributed by atoms with E-state index in [1.807, 2.05) is 23.1 Å². The number of ether oxygens (including phenoxy) is 1. The maximum absolute atomic E-state index is 13.0. The van der Waals surface area contributed by atoms with Crippen LogP contribution in [0.1, 0.15) is 11.1 Å². The molecule has 2 aromatic rings. The molecule has 2 aliphatic rings. The summed E-state index contributed by atoms with van der Waals surface area (Å²) in [4.78, 5) is 27.6. The van der Waals surface area contributed by atoms with Crippen LogP contribution in [0.5, 0.6) is 5.75 Å². The van der Waals surface area contributed by atoms with Gasteiger partial charge in [-0.15, -0.1) is 0 Å². The summed E-state index contributed by atoms with van der Waals surface area (Å²) in [6.45, 7) is 3.80. The van der Waals surface area contributed by atoms with E-state index in [0.717, 1.165) is 30.0 Å². The van der Waals surface area contributed by atoms with Gasteiger partial charge in [-0.2, -0.15) is 0 Å². The molecule has 0 radical (unpaired) electrons. The Labute approximate surface area is 174 Å². The quantitative estimate of drug-likeness (QED) is 0.566. The second kappa shape index (κ2) is 8.39.